The Morgan fingerprint density at radius 2 is 2.21 bits per heavy atom. The number of likely N-dealkylation sites (tertiary alicyclic amines) is 1. The third-order valence-corrected chi connectivity index (χ3v) is 3.43. The van der Waals surface area contributed by atoms with Gasteiger partial charge in [-0.1, -0.05) is 13.8 Å². The summed E-state index contributed by atoms with van der Waals surface area (Å²) in [6.45, 7) is 14.2. The molecular formula is C15H31N3O. The highest BCUT2D eigenvalue weighted by atomic mass is 16.5. The van der Waals surface area contributed by atoms with Crippen LogP contribution in [0.5, 0.6) is 0 Å². The van der Waals surface area contributed by atoms with Gasteiger partial charge in [-0.2, -0.15) is 0 Å². The summed E-state index contributed by atoms with van der Waals surface area (Å²) in [5, 5.41) is 3.40. The van der Waals surface area contributed by atoms with Crippen LogP contribution >= 0.6 is 0 Å². The number of ether oxygens (including phenoxy) is 1. The van der Waals surface area contributed by atoms with Crippen LogP contribution in [0, 0.1) is 11.8 Å². The Bertz CT molecular complexity index is 266. The second kappa shape index (κ2) is 9.18. The van der Waals surface area contributed by atoms with Gasteiger partial charge in [0.1, 0.15) is 0 Å². The summed E-state index contributed by atoms with van der Waals surface area (Å²) in [4.78, 5) is 7.06. The van der Waals surface area contributed by atoms with Crippen molar-refractivity contribution in [3.63, 3.8) is 0 Å². The fraction of sp³-hybridized carbons (Fsp3) is 0.933. The topological polar surface area (TPSA) is 36.9 Å². The van der Waals surface area contributed by atoms with Crippen molar-refractivity contribution < 1.29 is 4.74 Å². The molecule has 1 atom stereocenters. The molecule has 1 rings (SSSR count). The molecule has 0 saturated carbocycles. The first-order valence-corrected chi connectivity index (χ1v) is 7.78. The molecule has 1 fully saturated rings. The summed E-state index contributed by atoms with van der Waals surface area (Å²) in [7, 11) is 0. The molecule has 0 radical (unpaired) electrons. The fourth-order valence-corrected chi connectivity index (χ4v) is 2.67. The van der Waals surface area contributed by atoms with E-state index >= 15 is 0 Å². The van der Waals surface area contributed by atoms with Gasteiger partial charge >= 0.3 is 0 Å². The predicted octanol–water partition coefficient (Wildman–Crippen LogP) is 2.36. The smallest absolute Gasteiger partial charge is 0.194 e. The molecule has 0 spiro atoms. The summed E-state index contributed by atoms with van der Waals surface area (Å²) in [5.74, 6) is 2.69. The van der Waals surface area contributed by atoms with E-state index in [0.29, 0.717) is 6.61 Å². The van der Waals surface area contributed by atoms with Crippen LogP contribution in [0.4, 0.5) is 0 Å². The van der Waals surface area contributed by atoms with Crippen LogP contribution in [0.25, 0.3) is 0 Å². The van der Waals surface area contributed by atoms with Crippen LogP contribution in [-0.2, 0) is 4.74 Å². The van der Waals surface area contributed by atoms with Gasteiger partial charge in [0.25, 0.3) is 0 Å². The van der Waals surface area contributed by atoms with Gasteiger partial charge in [0.15, 0.2) is 5.96 Å². The summed E-state index contributed by atoms with van der Waals surface area (Å²) in [6, 6.07) is 0. The first-order chi connectivity index (χ1) is 9.17. The molecule has 1 N–H and O–H groups in total. The molecule has 1 aliphatic rings. The third kappa shape index (κ3) is 6.28. The van der Waals surface area contributed by atoms with Crippen molar-refractivity contribution in [2.75, 3.05) is 39.4 Å². The lowest BCUT2D eigenvalue weighted by molar-refractivity contribution is 0.155. The van der Waals surface area contributed by atoms with Gasteiger partial charge in [-0.25, -0.2) is 0 Å². The Kier molecular flexibility index (Phi) is 7.87. The average Bonchev–Trinajstić information content (AvgIpc) is 2.80. The lowest BCUT2D eigenvalue weighted by atomic mass is 9.97. The lowest BCUT2D eigenvalue weighted by Gasteiger charge is -2.22. The Hall–Kier alpha value is -0.770. The first-order valence-electron chi connectivity index (χ1n) is 7.78. The van der Waals surface area contributed by atoms with Crippen LogP contribution in [0.2, 0.25) is 0 Å². The zero-order valence-corrected chi connectivity index (χ0v) is 13.1. The van der Waals surface area contributed by atoms with Gasteiger partial charge in [0.2, 0.25) is 0 Å². The van der Waals surface area contributed by atoms with Crippen LogP contribution in [0.1, 0.15) is 40.5 Å². The molecule has 1 heterocycles. The summed E-state index contributed by atoms with van der Waals surface area (Å²) in [6.07, 6.45) is 2.63. The molecule has 4 nitrogen and oxygen atoms in total. The number of aliphatic imine (C=N–C) groups is 1. The summed E-state index contributed by atoms with van der Waals surface area (Å²) < 4.78 is 5.35. The van der Waals surface area contributed by atoms with Crippen LogP contribution in [-0.4, -0.2) is 50.3 Å². The van der Waals surface area contributed by atoms with E-state index in [-0.39, 0.29) is 0 Å². The van der Waals surface area contributed by atoms with Crippen molar-refractivity contribution in [1.29, 1.82) is 0 Å². The normalized spacial score (nSPS) is 20.4. The summed E-state index contributed by atoms with van der Waals surface area (Å²) >= 11 is 0. The van der Waals surface area contributed by atoms with Crippen LogP contribution in [0.3, 0.4) is 0 Å². The molecular weight excluding hydrogens is 238 g/mol. The Balaban J connectivity index is 2.43. The van der Waals surface area contributed by atoms with E-state index in [1.807, 2.05) is 6.92 Å². The highest BCUT2D eigenvalue weighted by Crippen LogP contribution is 2.23. The van der Waals surface area contributed by atoms with E-state index in [1.54, 1.807) is 0 Å². The highest BCUT2D eigenvalue weighted by molar-refractivity contribution is 5.80. The molecule has 112 valence electrons. The van der Waals surface area contributed by atoms with Crippen molar-refractivity contribution in [3.05, 3.63) is 0 Å². The average molecular weight is 269 g/mol. The number of nitrogens with one attached hydrogen (secondary N) is 1. The molecule has 0 aliphatic carbocycles. The minimum atomic E-state index is 0.717. The van der Waals surface area contributed by atoms with E-state index in [1.165, 1.54) is 12.8 Å². The zero-order chi connectivity index (χ0) is 14.1. The molecule has 1 unspecified atom stereocenters. The number of hydrogen-bond donors (Lipinski definition) is 1. The number of guanidine groups is 1. The van der Waals surface area contributed by atoms with E-state index in [2.05, 4.69) is 36.0 Å². The van der Waals surface area contributed by atoms with Gasteiger partial charge in [0, 0.05) is 26.2 Å². The fourth-order valence-electron chi connectivity index (χ4n) is 2.67. The third-order valence-electron chi connectivity index (χ3n) is 3.43. The predicted molar refractivity (Wildman–Crippen MR) is 81.6 cm³/mol. The monoisotopic (exact) mass is 269 g/mol. The zero-order valence-electron chi connectivity index (χ0n) is 13.1. The van der Waals surface area contributed by atoms with Gasteiger partial charge in [-0.15, -0.1) is 0 Å². The quantitative estimate of drug-likeness (QED) is 0.438. The highest BCUT2D eigenvalue weighted by Gasteiger charge is 2.25. The van der Waals surface area contributed by atoms with Gasteiger partial charge in [-0.05, 0) is 38.5 Å². The molecule has 0 bridgehead atoms. The minimum Gasteiger partial charge on any atom is -0.380 e. The number of nitrogens with zero attached hydrogens (tertiary/aromatic N) is 2. The maximum absolute atomic E-state index is 5.35. The van der Waals surface area contributed by atoms with Crippen LogP contribution in [0.15, 0.2) is 4.99 Å². The largest absolute Gasteiger partial charge is 0.380 e. The molecule has 1 saturated heterocycles. The molecule has 19 heavy (non-hydrogen) atoms. The van der Waals surface area contributed by atoms with E-state index in [0.717, 1.165) is 50.6 Å². The standard InChI is InChI=1S/C15H31N3O/c1-5-16-15(17-8-10-19-6-2)18-9-7-14(12-18)11-13(3)4/h13-14H,5-12H2,1-4H3,(H,16,17). The molecule has 0 amide bonds. The Labute approximate surface area is 118 Å². The second-order valence-electron chi connectivity index (χ2n) is 5.66. The first kappa shape index (κ1) is 16.3. The maximum Gasteiger partial charge on any atom is 0.194 e. The number of rotatable bonds is 7. The van der Waals surface area contributed by atoms with Crippen molar-refractivity contribution in [2.24, 2.45) is 16.8 Å². The molecule has 0 aromatic carbocycles. The Morgan fingerprint density at radius 1 is 1.42 bits per heavy atom. The molecule has 0 aromatic rings. The Morgan fingerprint density at radius 3 is 2.84 bits per heavy atom. The van der Waals surface area contributed by atoms with Gasteiger partial charge < -0.3 is 15.0 Å². The second-order valence-corrected chi connectivity index (χ2v) is 5.66. The minimum absolute atomic E-state index is 0.717. The van der Waals surface area contributed by atoms with E-state index in [9.17, 15) is 0 Å². The SMILES string of the molecule is CCNC(=NCCOCC)N1CCC(CC(C)C)C1. The molecule has 1 aliphatic heterocycles. The van der Waals surface area contributed by atoms with Crippen molar-refractivity contribution >= 4 is 5.96 Å². The van der Waals surface area contributed by atoms with E-state index in [4.69, 9.17) is 4.74 Å². The lowest BCUT2D eigenvalue weighted by Crippen LogP contribution is -2.40. The number of hydrogen-bond acceptors (Lipinski definition) is 2. The van der Waals surface area contributed by atoms with E-state index < -0.39 is 0 Å². The molecule has 4 heteroatoms. The van der Waals surface area contributed by atoms with Crippen molar-refractivity contribution in [3.8, 4) is 0 Å². The van der Waals surface area contributed by atoms with Crippen molar-refractivity contribution in [2.45, 2.75) is 40.5 Å². The summed E-state index contributed by atoms with van der Waals surface area (Å²) in [5.41, 5.74) is 0. The molecule has 0 aromatic heterocycles. The van der Waals surface area contributed by atoms with Gasteiger partial charge in [0.05, 0.1) is 13.2 Å². The van der Waals surface area contributed by atoms with Gasteiger partial charge in [-0.3, -0.25) is 4.99 Å². The maximum atomic E-state index is 5.35. The van der Waals surface area contributed by atoms with Crippen LogP contribution < -0.4 is 5.32 Å². The van der Waals surface area contributed by atoms with Crippen molar-refractivity contribution in [1.82, 2.24) is 10.2 Å².